The molecule has 3 aromatic rings. The number of rotatable bonds is 5. The molecule has 0 saturated heterocycles. The van der Waals surface area contributed by atoms with Crippen LogP contribution in [0.3, 0.4) is 0 Å². The number of carbonyl (C=O) groups is 3. The molecule has 0 unspecified atom stereocenters. The highest BCUT2D eigenvalue weighted by Crippen LogP contribution is 2.43. The summed E-state index contributed by atoms with van der Waals surface area (Å²) in [5.41, 5.74) is 0.0944. The molecule has 9 heteroatoms. The molecule has 9 nitrogen and oxygen atoms in total. The molecule has 0 N–H and O–H groups in total. The van der Waals surface area contributed by atoms with Crippen molar-refractivity contribution in [1.82, 2.24) is 0 Å². The zero-order valence-electron chi connectivity index (χ0n) is 17.1. The minimum atomic E-state index is -0.788. The quantitative estimate of drug-likeness (QED) is 0.447. The summed E-state index contributed by atoms with van der Waals surface area (Å²) in [6.07, 6.45) is 1.23. The maximum absolute atomic E-state index is 13.3. The van der Waals surface area contributed by atoms with Crippen molar-refractivity contribution in [3.8, 4) is 34.1 Å². The van der Waals surface area contributed by atoms with E-state index in [2.05, 4.69) is 0 Å². The number of esters is 3. The van der Waals surface area contributed by atoms with E-state index in [1.165, 1.54) is 19.4 Å². The van der Waals surface area contributed by atoms with Gasteiger partial charge in [-0.05, 0) is 17.7 Å². The number of benzene rings is 2. The fourth-order valence-corrected chi connectivity index (χ4v) is 2.89. The number of fused-ring (bicyclic) bond motifs is 1. The van der Waals surface area contributed by atoms with Gasteiger partial charge in [-0.25, -0.2) is 0 Å². The molecule has 0 bridgehead atoms. The Morgan fingerprint density at radius 1 is 0.839 bits per heavy atom. The van der Waals surface area contributed by atoms with Crippen molar-refractivity contribution in [2.75, 3.05) is 7.11 Å². The van der Waals surface area contributed by atoms with Gasteiger partial charge in [0.2, 0.25) is 11.2 Å². The summed E-state index contributed by atoms with van der Waals surface area (Å²) in [5, 5.41) is -0.157. The number of hydrogen-bond donors (Lipinski definition) is 0. The van der Waals surface area contributed by atoms with Gasteiger partial charge in [0, 0.05) is 26.8 Å². The van der Waals surface area contributed by atoms with Gasteiger partial charge in [-0.15, -0.1) is 0 Å². The Hall–Kier alpha value is -4.14. The average Bonchev–Trinajstić information content (AvgIpc) is 2.69. The highest BCUT2D eigenvalue weighted by atomic mass is 16.6. The predicted octanol–water partition coefficient (Wildman–Crippen LogP) is 3.24. The second-order valence-corrected chi connectivity index (χ2v) is 6.39. The zero-order valence-corrected chi connectivity index (χ0v) is 17.1. The van der Waals surface area contributed by atoms with Gasteiger partial charge < -0.3 is 23.4 Å². The summed E-state index contributed by atoms with van der Waals surface area (Å²) in [7, 11) is 1.52. The van der Waals surface area contributed by atoms with Gasteiger partial charge in [0.05, 0.1) is 12.7 Å². The molecule has 160 valence electrons. The summed E-state index contributed by atoms with van der Waals surface area (Å²) in [6, 6.07) is 7.85. The van der Waals surface area contributed by atoms with Crippen LogP contribution in [0.4, 0.5) is 0 Å². The Labute approximate surface area is 176 Å². The summed E-state index contributed by atoms with van der Waals surface area (Å²) in [6.45, 7) is 3.35. The van der Waals surface area contributed by atoms with Crippen molar-refractivity contribution in [2.45, 2.75) is 20.8 Å². The van der Waals surface area contributed by atoms with Gasteiger partial charge in [0.15, 0.2) is 11.5 Å². The molecule has 1 aromatic heterocycles. The van der Waals surface area contributed by atoms with E-state index in [0.717, 1.165) is 20.8 Å². The minimum Gasteiger partial charge on any atom is -0.497 e. The minimum absolute atomic E-state index is 0.0364. The Morgan fingerprint density at radius 3 is 1.97 bits per heavy atom. The van der Waals surface area contributed by atoms with Gasteiger partial charge in [0.25, 0.3) is 0 Å². The molecule has 0 aliphatic rings. The lowest BCUT2D eigenvalue weighted by molar-refractivity contribution is -0.135. The summed E-state index contributed by atoms with van der Waals surface area (Å²) < 4.78 is 26.1. The molecule has 0 spiro atoms. The molecule has 0 aliphatic carbocycles. The smallest absolute Gasteiger partial charge is 0.308 e. The van der Waals surface area contributed by atoms with Crippen LogP contribution in [0.15, 0.2) is 45.8 Å². The molecule has 0 amide bonds. The van der Waals surface area contributed by atoms with Crippen LogP contribution >= 0.6 is 0 Å². The van der Waals surface area contributed by atoms with E-state index < -0.39 is 23.3 Å². The second kappa shape index (κ2) is 8.70. The first-order valence-corrected chi connectivity index (χ1v) is 9.03. The number of carbonyl (C=O) groups excluding carboxylic acids is 3. The summed E-state index contributed by atoms with van der Waals surface area (Å²) >= 11 is 0. The summed E-state index contributed by atoms with van der Waals surface area (Å²) in [4.78, 5) is 48.2. The molecular formula is C22H18O9. The van der Waals surface area contributed by atoms with Crippen molar-refractivity contribution in [1.29, 1.82) is 0 Å². The lowest BCUT2D eigenvalue weighted by Gasteiger charge is -2.15. The van der Waals surface area contributed by atoms with Gasteiger partial charge in [0.1, 0.15) is 23.0 Å². The lowest BCUT2D eigenvalue weighted by Crippen LogP contribution is -2.14. The molecule has 31 heavy (non-hydrogen) atoms. The van der Waals surface area contributed by atoms with E-state index in [1.54, 1.807) is 24.3 Å². The van der Waals surface area contributed by atoms with Crippen LogP contribution in [0.25, 0.3) is 22.1 Å². The van der Waals surface area contributed by atoms with Crippen LogP contribution in [0.5, 0.6) is 23.0 Å². The van der Waals surface area contributed by atoms with Crippen LogP contribution in [0, 0.1) is 0 Å². The number of methoxy groups -OCH3 is 1. The second-order valence-electron chi connectivity index (χ2n) is 6.39. The Bertz CT molecular complexity index is 1240. The first-order valence-electron chi connectivity index (χ1n) is 9.03. The summed E-state index contributed by atoms with van der Waals surface area (Å²) in [5.74, 6) is -2.71. The van der Waals surface area contributed by atoms with Gasteiger partial charge in [-0.3, -0.25) is 19.2 Å². The third kappa shape index (κ3) is 4.55. The molecule has 1 heterocycles. The molecule has 0 atom stereocenters. The van der Waals surface area contributed by atoms with Crippen LogP contribution in [0.2, 0.25) is 0 Å². The van der Waals surface area contributed by atoms with Gasteiger partial charge in [-0.2, -0.15) is 0 Å². The normalized spacial score (nSPS) is 10.5. The van der Waals surface area contributed by atoms with Crippen LogP contribution in [-0.2, 0) is 14.4 Å². The third-order valence-corrected chi connectivity index (χ3v) is 4.09. The van der Waals surface area contributed by atoms with E-state index in [1.807, 2.05) is 0 Å². The van der Waals surface area contributed by atoms with Gasteiger partial charge in [-0.1, -0.05) is 12.1 Å². The molecular weight excluding hydrogens is 408 g/mol. The first kappa shape index (κ1) is 21.6. The molecule has 0 saturated carbocycles. The van der Waals surface area contributed by atoms with E-state index >= 15 is 0 Å². The standard InChI is InChI=1S/C22H18O9/c1-11(23)29-18-9-17-19(22(31-13(3)25)21(18)30-12(2)24)20(26)16(10-28-17)14-5-7-15(27-4)8-6-14/h5-10H,1-4H3. The molecule has 0 aliphatic heterocycles. The van der Waals surface area contributed by atoms with E-state index in [-0.39, 0.29) is 33.8 Å². The maximum Gasteiger partial charge on any atom is 0.308 e. The molecule has 2 aromatic carbocycles. The third-order valence-electron chi connectivity index (χ3n) is 4.09. The fraction of sp³-hybridized carbons (Fsp3) is 0.182. The lowest BCUT2D eigenvalue weighted by atomic mass is 10.0. The van der Waals surface area contributed by atoms with E-state index in [9.17, 15) is 19.2 Å². The van der Waals surface area contributed by atoms with E-state index in [4.69, 9.17) is 23.4 Å². The van der Waals surface area contributed by atoms with Crippen LogP contribution in [0.1, 0.15) is 20.8 Å². The van der Waals surface area contributed by atoms with Gasteiger partial charge >= 0.3 is 17.9 Å². The Morgan fingerprint density at radius 2 is 1.42 bits per heavy atom. The topological polar surface area (TPSA) is 118 Å². The van der Waals surface area contributed by atoms with Crippen molar-refractivity contribution in [3.63, 3.8) is 0 Å². The predicted molar refractivity (Wildman–Crippen MR) is 108 cm³/mol. The molecule has 3 rings (SSSR count). The average molecular weight is 426 g/mol. The highest BCUT2D eigenvalue weighted by Gasteiger charge is 2.26. The SMILES string of the molecule is COc1ccc(-c2coc3cc(OC(C)=O)c(OC(C)=O)c(OC(C)=O)c3c2=O)cc1. The largest absolute Gasteiger partial charge is 0.497 e. The monoisotopic (exact) mass is 426 g/mol. The van der Waals surface area contributed by atoms with Crippen LogP contribution < -0.4 is 24.4 Å². The van der Waals surface area contributed by atoms with Crippen molar-refractivity contribution < 1.29 is 37.7 Å². The Kier molecular flexibility index (Phi) is 6.05. The molecule has 0 fully saturated rings. The fourth-order valence-electron chi connectivity index (χ4n) is 2.89. The van der Waals surface area contributed by atoms with Crippen molar-refractivity contribution in [3.05, 3.63) is 46.8 Å². The van der Waals surface area contributed by atoms with E-state index in [0.29, 0.717) is 11.3 Å². The van der Waals surface area contributed by atoms with Crippen molar-refractivity contribution >= 4 is 28.9 Å². The van der Waals surface area contributed by atoms with Crippen molar-refractivity contribution in [2.24, 2.45) is 0 Å². The van der Waals surface area contributed by atoms with Crippen LogP contribution in [-0.4, -0.2) is 25.0 Å². The number of hydrogen-bond acceptors (Lipinski definition) is 9. The molecule has 0 radical (unpaired) electrons. The highest BCUT2D eigenvalue weighted by molar-refractivity contribution is 5.95. The maximum atomic E-state index is 13.3. The Balaban J connectivity index is 2.35. The first-order chi connectivity index (χ1) is 14.7. The zero-order chi connectivity index (χ0) is 22.7. The number of ether oxygens (including phenoxy) is 4.